The van der Waals surface area contributed by atoms with Crippen LogP contribution in [0, 0.1) is 0 Å². The maximum absolute atomic E-state index is 12.0. The first kappa shape index (κ1) is 18.7. The number of rotatable bonds is 6. The molecule has 27 heavy (non-hydrogen) atoms. The van der Waals surface area contributed by atoms with Gasteiger partial charge in [0.15, 0.2) is 6.61 Å². The average molecular weight is 426 g/mol. The summed E-state index contributed by atoms with van der Waals surface area (Å²) < 4.78 is 11.6. The normalized spacial score (nSPS) is 10.1. The highest BCUT2D eigenvalue weighted by Crippen LogP contribution is 2.22. The van der Waals surface area contributed by atoms with Gasteiger partial charge < -0.3 is 14.8 Å². The van der Waals surface area contributed by atoms with Gasteiger partial charge in [-0.1, -0.05) is 34.1 Å². The Morgan fingerprint density at radius 1 is 0.815 bits per heavy atom. The maximum Gasteiger partial charge on any atom is 0.338 e. The topological polar surface area (TPSA) is 64.6 Å². The molecule has 0 heterocycles. The quantitative estimate of drug-likeness (QED) is 0.562. The molecule has 3 rings (SSSR count). The molecule has 0 bridgehead atoms. The summed E-state index contributed by atoms with van der Waals surface area (Å²) in [7, 11) is 0. The number of hydrogen-bond donors (Lipinski definition) is 1. The van der Waals surface area contributed by atoms with Crippen molar-refractivity contribution in [3.63, 3.8) is 0 Å². The molecular formula is C21H16BrNO4. The molecule has 0 saturated heterocycles. The minimum atomic E-state index is -0.552. The molecule has 0 atom stereocenters. The van der Waals surface area contributed by atoms with Crippen molar-refractivity contribution in [1.29, 1.82) is 0 Å². The van der Waals surface area contributed by atoms with Crippen molar-refractivity contribution in [3.8, 4) is 11.5 Å². The van der Waals surface area contributed by atoms with Crippen LogP contribution < -0.4 is 10.1 Å². The summed E-state index contributed by atoms with van der Waals surface area (Å²) in [6.45, 7) is -0.364. The highest BCUT2D eigenvalue weighted by Gasteiger charge is 2.10. The number of benzene rings is 3. The van der Waals surface area contributed by atoms with Gasteiger partial charge in [-0.25, -0.2) is 4.79 Å². The van der Waals surface area contributed by atoms with Crippen LogP contribution in [0.25, 0.3) is 0 Å². The Kier molecular flexibility index (Phi) is 6.22. The molecular weight excluding hydrogens is 410 g/mol. The largest absolute Gasteiger partial charge is 0.457 e. The maximum atomic E-state index is 12.0. The number of para-hydroxylation sites is 1. The number of nitrogens with one attached hydrogen (secondary N) is 1. The number of hydrogen-bond acceptors (Lipinski definition) is 4. The summed E-state index contributed by atoms with van der Waals surface area (Å²) in [4.78, 5) is 23.8. The highest BCUT2D eigenvalue weighted by molar-refractivity contribution is 9.10. The van der Waals surface area contributed by atoms with Crippen LogP contribution in [-0.4, -0.2) is 18.5 Å². The van der Waals surface area contributed by atoms with Crippen molar-refractivity contribution in [3.05, 3.63) is 88.9 Å². The Labute approximate surface area is 165 Å². The third kappa shape index (κ3) is 5.69. The zero-order chi connectivity index (χ0) is 19.1. The van der Waals surface area contributed by atoms with E-state index in [9.17, 15) is 9.59 Å². The fourth-order valence-corrected chi connectivity index (χ4v) is 2.49. The van der Waals surface area contributed by atoms with Gasteiger partial charge in [0.05, 0.1) is 5.56 Å². The minimum Gasteiger partial charge on any atom is -0.457 e. The number of halogens is 1. The van der Waals surface area contributed by atoms with E-state index in [1.54, 1.807) is 48.5 Å². The van der Waals surface area contributed by atoms with Gasteiger partial charge in [0, 0.05) is 10.2 Å². The van der Waals surface area contributed by atoms with Crippen LogP contribution in [-0.2, 0) is 9.53 Å². The molecule has 0 fully saturated rings. The first-order valence-electron chi connectivity index (χ1n) is 8.16. The number of amides is 1. The Morgan fingerprint density at radius 3 is 2.11 bits per heavy atom. The second kappa shape index (κ2) is 9.00. The summed E-state index contributed by atoms with van der Waals surface area (Å²) in [5.41, 5.74) is 0.966. The molecule has 0 aliphatic rings. The average Bonchev–Trinajstić information content (AvgIpc) is 2.69. The van der Waals surface area contributed by atoms with Gasteiger partial charge in [-0.3, -0.25) is 4.79 Å². The molecule has 1 amide bonds. The summed E-state index contributed by atoms with van der Waals surface area (Å²) >= 11 is 3.29. The van der Waals surface area contributed by atoms with Gasteiger partial charge in [-0.05, 0) is 60.7 Å². The van der Waals surface area contributed by atoms with E-state index in [0.29, 0.717) is 17.0 Å². The van der Waals surface area contributed by atoms with Gasteiger partial charge in [-0.15, -0.1) is 0 Å². The van der Waals surface area contributed by atoms with Crippen LogP contribution >= 0.6 is 15.9 Å². The van der Waals surface area contributed by atoms with Gasteiger partial charge in [0.1, 0.15) is 11.5 Å². The van der Waals surface area contributed by atoms with Crippen molar-refractivity contribution in [2.24, 2.45) is 0 Å². The molecule has 3 aromatic rings. The third-order valence-corrected chi connectivity index (χ3v) is 4.06. The van der Waals surface area contributed by atoms with Crippen LogP contribution in [0.2, 0.25) is 0 Å². The van der Waals surface area contributed by atoms with E-state index in [1.165, 1.54) is 0 Å². The molecule has 0 aliphatic heterocycles. The zero-order valence-corrected chi connectivity index (χ0v) is 15.8. The summed E-state index contributed by atoms with van der Waals surface area (Å²) in [6.07, 6.45) is 0. The lowest BCUT2D eigenvalue weighted by Gasteiger charge is -2.08. The molecule has 5 nitrogen and oxygen atoms in total. The molecule has 0 saturated carbocycles. The molecule has 136 valence electrons. The predicted molar refractivity (Wildman–Crippen MR) is 106 cm³/mol. The van der Waals surface area contributed by atoms with Gasteiger partial charge in [-0.2, -0.15) is 0 Å². The number of esters is 1. The standard InChI is InChI=1S/C21H16BrNO4/c22-16-8-6-15(7-9-16)21(25)26-14-20(24)23-17-10-12-19(13-11-17)27-18-4-2-1-3-5-18/h1-13H,14H2,(H,23,24). The molecule has 3 aromatic carbocycles. The van der Waals surface area contributed by atoms with Crippen LogP contribution in [0.1, 0.15) is 10.4 Å². The van der Waals surface area contributed by atoms with Gasteiger partial charge in [0.2, 0.25) is 0 Å². The smallest absolute Gasteiger partial charge is 0.338 e. The number of ether oxygens (including phenoxy) is 2. The third-order valence-electron chi connectivity index (χ3n) is 3.53. The van der Waals surface area contributed by atoms with E-state index < -0.39 is 11.9 Å². The van der Waals surface area contributed by atoms with Crippen molar-refractivity contribution in [2.75, 3.05) is 11.9 Å². The zero-order valence-electron chi connectivity index (χ0n) is 14.2. The van der Waals surface area contributed by atoms with E-state index >= 15 is 0 Å². The monoisotopic (exact) mass is 425 g/mol. The summed E-state index contributed by atoms with van der Waals surface area (Å²) in [6, 6.07) is 23.0. The van der Waals surface area contributed by atoms with Crippen molar-refractivity contribution in [2.45, 2.75) is 0 Å². The van der Waals surface area contributed by atoms with Crippen LogP contribution in [0.3, 0.4) is 0 Å². The lowest BCUT2D eigenvalue weighted by atomic mass is 10.2. The molecule has 6 heteroatoms. The number of carbonyl (C=O) groups is 2. The van der Waals surface area contributed by atoms with E-state index in [4.69, 9.17) is 9.47 Å². The summed E-state index contributed by atoms with van der Waals surface area (Å²) in [5.74, 6) is 0.413. The number of anilines is 1. The first-order valence-corrected chi connectivity index (χ1v) is 8.95. The second-order valence-electron chi connectivity index (χ2n) is 5.57. The molecule has 0 aromatic heterocycles. The highest BCUT2D eigenvalue weighted by atomic mass is 79.9. The van der Waals surface area contributed by atoms with Crippen molar-refractivity contribution in [1.82, 2.24) is 0 Å². The molecule has 0 spiro atoms. The van der Waals surface area contributed by atoms with Gasteiger partial charge in [0.25, 0.3) is 5.91 Å². The van der Waals surface area contributed by atoms with E-state index in [2.05, 4.69) is 21.2 Å². The van der Waals surface area contributed by atoms with Gasteiger partial charge >= 0.3 is 5.97 Å². The van der Waals surface area contributed by atoms with Crippen LogP contribution in [0.15, 0.2) is 83.3 Å². The lowest BCUT2D eigenvalue weighted by molar-refractivity contribution is -0.119. The molecule has 1 N–H and O–H groups in total. The summed E-state index contributed by atoms with van der Waals surface area (Å²) in [5, 5.41) is 2.67. The van der Waals surface area contributed by atoms with E-state index in [1.807, 2.05) is 30.3 Å². The van der Waals surface area contributed by atoms with Crippen LogP contribution in [0.4, 0.5) is 5.69 Å². The Balaban J connectivity index is 1.49. The molecule has 0 aliphatic carbocycles. The fraction of sp³-hybridized carbons (Fsp3) is 0.0476. The van der Waals surface area contributed by atoms with Crippen molar-refractivity contribution < 1.29 is 19.1 Å². The van der Waals surface area contributed by atoms with Crippen molar-refractivity contribution >= 4 is 33.5 Å². The molecule has 0 unspecified atom stereocenters. The Bertz CT molecular complexity index is 909. The fourth-order valence-electron chi connectivity index (χ4n) is 2.23. The first-order chi connectivity index (χ1) is 13.1. The minimum absolute atomic E-state index is 0.364. The lowest BCUT2D eigenvalue weighted by Crippen LogP contribution is -2.20. The predicted octanol–water partition coefficient (Wildman–Crippen LogP) is 5.04. The Morgan fingerprint density at radius 2 is 1.44 bits per heavy atom. The number of carbonyl (C=O) groups excluding carboxylic acids is 2. The van der Waals surface area contributed by atoms with E-state index in [0.717, 1.165) is 10.2 Å². The van der Waals surface area contributed by atoms with E-state index in [-0.39, 0.29) is 6.61 Å². The molecule has 0 radical (unpaired) electrons. The Hall–Kier alpha value is -3.12. The van der Waals surface area contributed by atoms with Crippen LogP contribution in [0.5, 0.6) is 11.5 Å². The second-order valence-corrected chi connectivity index (χ2v) is 6.49. The SMILES string of the molecule is O=C(COC(=O)c1ccc(Br)cc1)Nc1ccc(Oc2ccccc2)cc1.